The number of rotatable bonds is 2. The Labute approximate surface area is 185 Å². The minimum atomic E-state index is 0.0159. The van der Waals surface area contributed by atoms with Crippen LogP contribution in [0.5, 0.6) is 0 Å². The van der Waals surface area contributed by atoms with E-state index in [2.05, 4.69) is 116 Å². The van der Waals surface area contributed by atoms with Gasteiger partial charge in [-0.05, 0) is 45.9 Å². The molecule has 5 rings (SSSR count). The van der Waals surface area contributed by atoms with E-state index in [-0.39, 0.29) is 5.41 Å². The van der Waals surface area contributed by atoms with E-state index in [4.69, 9.17) is 4.42 Å². The Kier molecular flexibility index (Phi) is 4.56. The molecule has 0 aliphatic rings. The molecule has 2 heteroatoms. The Balaban J connectivity index is 1.77. The summed E-state index contributed by atoms with van der Waals surface area (Å²) >= 11 is 3.67. The number of halogens is 1. The van der Waals surface area contributed by atoms with Crippen molar-refractivity contribution in [2.24, 2.45) is 0 Å². The van der Waals surface area contributed by atoms with Crippen molar-refractivity contribution >= 4 is 37.9 Å². The molecule has 4 aromatic carbocycles. The summed E-state index contributed by atoms with van der Waals surface area (Å²) in [6.07, 6.45) is 0. The molecule has 0 saturated heterocycles. The second-order valence-corrected chi connectivity index (χ2v) is 9.72. The molecule has 0 radical (unpaired) electrons. The Morgan fingerprint density at radius 2 is 1.40 bits per heavy atom. The summed E-state index contributed by atoms with van der Waals surface area (Å²) in [5.74, 6) is 0. The normalized spacial score (nSPS) is 12.0. The lowest BCUT2D eigenvalue weighted by Crippen LogP contribution is -2.11. The Morgan fingerprint density at radius 1 is 0.700 bits per heavy atom. The maximum Gasteiger partial charge on any atom is 0.143 e. The lowest BCUT2D eigenvalue weighted by atomic mass is 9.84. The van der Waals surface area contributed by atoms with Gasteiger partial charge in [0, 0.05) is 20.8 Å². The molecule has 0 atom stereocenters. The number of fused-ring (bicyclic) bond motifs is 3. The molecule has 0 spiro atoms. The number of hydrogen-bond acceptors (Lipinski definition) is 1. The smallest absolute Gasteiger partial charge is 0.143 e. The van der Waals surface area contributed by atoms with E-state index in [0.717, 1.165) is 26.8 Å². The molecule has 0 aliphatic heterocycles. The zero-order valence-corrected chi connectivity index (χ0v) is 19.0. The summed E-state index contributed by atoms with van der Waals surface area (Å²) in [5.41, 5.74) is 7.89. The first-order chi connectivity index (χ1) is 14.4. The fourth-order valence-corrected chi connectivity index (χ4v) is 4.65. The van der Waals surface area contributed by atoms with Gasteiger partial charge in [0.25, 0.3) is 0 Å². The Morgan fingerprint density at radius 3 is 2.17 bits per heavy atom. The number of para-hydroxylation sites is 1. The van der Waals surface area contributed by atoms with Gasteiger partial charge in [0.2, 0.25) is 0 Å². The Bertz CT molecular complexity index is 1370. The second kappa shape index (κ2) is 7.14. The monoisotopic (exact) mass is 454 g/mol. The van der Waals surface area contributed by atoms with Crippen LogP contribution < -0.4 is 0 Å². The molecule has 0 aliphatic carbocycles. The summed E-state index contributed by atoms with van der Waals surface area (Å²) < 4.78 is 7.52. The summed E-state index contributed by atoms with van der Waals surface area (Å²) in [7, 11) is 0. The molecule has 148 valence electrons. The molecule has 0 unspecified atom stereocenters. The molecule has 0 saturated carbocycles. The van der Waals surface area contributed by atoms with Crippen molar-refractivity contribution in [2.45, 2.75) is 26.2 Å². The molecule has 30 heavy (non-hydrogen) atoms. The van der Waals surface area contributed by atoms with Gasteiger partial charge in [-0.2, -0.15) is 0 Å². The van der Waals surface area contributed by atoms with Gasteiger partial charge < -0.3 is 4.42 Å². The largest absolute Gasteiger partial charge is 0.455 e. The van der Waals surface area contributed by atoms with E-state index in [1.807, 2.05) is 6.07 Å². The highest BCUT2D eigenvalue weighted by atomic mass is 79.9. The molecule has 1 aromatic heterocycles. The predicted molar refractivity (Wildman–Crippen MR) is 131 cm³/mol. The topological polar surface area (TPSA) is 13.1 Å². The van der Waals surface area contributed by atoms with Crippen LogP contribution in [0.2, 0.25) is 0 Å². The fraction of sp³-hybridized carbons (Fsp3) is 0.143. The van der Waals surface area contributed by atoms with Crippen LogP contribution in [-0.4, -0.2) is 0 Å². The van der Waals surface area contributed by atoms with Crippen molar-refractivity contribution in [3.63, 3.8) is 0 Å². The van der Waals surface area contributed by atoms with E-state index < -0.39 is 0 Å². The van der Waals surface area contributed by atoms with Crippen molar-refractivity contribution in [1.29, 1.82) is 0 Å². The van der Waals surface area contributed by atoms with Crippen molar-refractivity contribution in [1.82, 2.24) is 0 Å². The van der Waals surface area contributed by atoms with Crippen molar-refractivity contribution in [3.8, 4) is 22.3 Å². The van der Waals surface area contributed by atoms with E-state index in [9.17, 15) is 0 Å². The highest BCUT2D eigenvalue weighted by molar-refractivity contribution is 9.10. The zero-order valence-electron chi connectivity index (χ0n) is 17.4. The van der Waals surface area contributed by atoms with Crippen molar-refractivity contribution in [3.05, 3.63) is 95.0 Å². The number of benzene rings is 4. The van der Waals surface area contributed by atoms with Crippen LogP contribution >= 0.6 is 15.9 Å². The average molecular weight is 455 g/mol. The van der Waals surface area contributed by atoms with Gasteiger partial charge >= 0.3 is 0 Å². The van der Waals surface area contributed by atoms with Crippen molar-refractivity contribution in [2.75, 3.05) is 0 Å². The molecule has 1 heterocycles. The quantitative estimate of drug-likeness (QED) is 0.259. The van der Waals surface area contributed by atoms with Gasteiger partial charge in [0.15, 0.2) is 0 Å². The third-order valence-corrected chi connectivity index (χ3v) is 6.11. The first-order valence-electron chi connectivity index (χ1n) is 10.2. The molecule has 0 fully saturated rings. The lowest BCUT2D eigenvalue weighted by molar-refractivity contribution is 0.594. The molecular weight excluding hydrogens is 432 g/mol. The van der Waals surface area contributed by atoms with Gasteiger partial charge in [-0.3, -0.25) is 0 Å². The molecule has 5 aromatic rings. The molecule has 1 nitrogen and oxygen atoms in total. The molecule has 0 amide bonds. The zero-order chi connectivity index (χ0) is 20.9. The fourth-order valence-electron chi connectivity index (χ4n) is 4.21. The average Bonchev–Trinajstić information content (AvgIpc) is 3.11. The summed E-state index contributed by atoms with van der Waals surface area (Å²) in [6.45, 7) is 6.75. The SMILES string of the molecule is CC(C)(C)c1cc(Br)cc2oc3c(-c4cccc(-c5ccccc5)c4)cccc3c12. The third-order valence-electron chi connectivity index (χ3n) is 5.65. The predicted octanol–water partition coefficient (Wildman–Crippen LogP) is 8.98. The van der Waals surface area contributed by atoms with Crippen LogP contribution in [0.1, 0.15) is 26.3 Å². The van der Waals surface area contributed by atoms with Crippen LogP contribution in [0.4, 0.5) is 0 Å². The second-order valence-electron chi connectivity index (χ2n) is 8.81. The van der Waals surface area contributed by atoms with E-state index in [0.29, 0.717) is 0 Å². The van der Waals surface area contributed by atoms with Crippen LogP contribution in [0.15, 0.2) is 93.8 Å². The maximum absolute atomic E-state index is 6.47. The van der Waals surface area contributed by atoms with Gasteiger partial charge in [-0.1, -0.05) is 103 Å². The van der Waals surface area contributed by atoms with Crippen LogP contribution in [0.3, 0.4) is 0 Å². The van der Waals surface area contributed by atoms with Gasteiger partial charge in [-0.25, -0.2) is 0 Å². The minimum Gasteiger partial charge on any atom is -0.455 e. The highest BCUT2D eigenvalue weighted by Crippen LogP contribution is 2.42. The molecule has 0 N–H and O–H groups in total. The van der Waals surface area contributed by atoms with Crippen LogP contribution in [-0.2, 0) is 5.41 Å². The first kappa shape index (κ1) is 19.1. The van der Waals surface area contributed by atoms with Gasteiger partial charge in [0.05, 0.1) is 0 Å². The van der Waals surface area contributed by atoms with Crippen molar-refractivity contribution < 1.29 is 4.42 Å². The summed E-state index contributed by atoms with van der Waals surface area (Å²) in [5, 5.41) is 2.38. The molecular formula is C28H23BrO. The molecule has 0 bridgehead atoms. The van der Waals surface area contributed by atoms with E-state index in [1.54, 1.807) is 0 Å². The first-order valence-corrected chi connectivity index (χ1v) is 11.0. The standard InChI is InChI=1S/C28H23BrO/c1-28(2,3)24-16-21(29)17-25-26(24)23-14-8-13-22(27(23)30-25)20-12-7-11-19(15-20)18-9-5-4-6-10-18/h4-17H,1-3H3. The maximum atomic E-state index is 6.47. The number of hydrogen-bond donors (Lipinski definition) is 0. The summed E-state index contributed by atoms with van der Waals surface area (Å²) in [4.78, 5) is 0. The van der Waals surface area contributed by atoms with E-state index >= 15 is 0 Å². The van der Waals surface area contributed by atoms with Gasteiger partial charge in [-0.15, -0.1) is 0 Å². The highest BCUT2D eigenvalue weighted by Gasteiger charge is 2.22. The van der Waals surface area contributed by atoms with Crippen LogP contribution in [0, 0.1) is 0 Å². The lowest BCUT2D eigenvalue weighted by Gasteiger charge is -2.20. The Hall–Kier alpha value is -2.84. The van der Waals surface area contributed by atoms with Gasteiger partial charge in [0.1, 0.15) is 11.2 Å². The van der Waals surface area contributed by atoms with E-state index in [1.165, 1.54) is 27.5 Å². The number of furan rings is 1. The summed E-state index contributed by atoms with van der Waals surface area (Å²) in [6, 6.07) is 30.0. The van der Waals surface area contributed by atoms with Crippen LogP contribution in [0.25, 0.3) is 44.2 Å². The minimum absolute atomic E-state index is 0.0159. The third kappa shape index (κ3) is 3.26.